The summed E-state index contributed by atoms with van der Waals surface area (Å²) >= 11 is 0. The van der Waals surface area contributed by atoms with Gasteiger partial charge in [0.1, 0.15) is 0 Å². The Bertz CT molecular complexity index is 505. The summed E-state index contributed by atoms with van der Waals surface area (Å²) < 4.78 is 0. The molecule has 0 saturated carbocycles. The predicted molar refractivity (Wildman–Crippen MR) is 95.1 cm³/mol. The van der Waals surface area contributed by atoms with Crippen LogP contribution in [0.3, 0.4) is 0 Å². The second-order valence-electron chi connectivity index (χ2n) is 5.30. The third-order valence-electron chi connectivity index (χ3n) is 3.36. The van der Waals surface area contributed by atoms with E-state index in [1.165, 1.54) is 11.3 Å². The molecule has 0 heterocycles. The van der Waals surface area contributed by atoms with Gasteiger partial charge in [-0.3, -0.25) is 5.41 Å². The number of carbonyl (C=O) groups is 1. The van der Waals surface area contributed by atoms with Gasteiger partial charge < -0.3 is 11.1 Å². The molecule has 124 valence electrons. The number of nitrogens with zero attached hydrogens (tertiary/aromatic N) is 1. The lowest BCUT2D eigenvalue weighted by Gasteiger charge is -2.23. The number of hydrogen-bond donors (Lipinski definition) is 3. The van der Waals surface area contributed by atoms with E-state index in [4.69, 9.17) is 11.1 Å². The Morgan fingerprint density at radius 3 is 2.55 bits per heavy atom. The summed E-state index contributed by atoms with van der Waals surface area (Å²) in [5.74, 6) is -0.269. The van der Waals surface area contributed by atoms with Crippen LogP contribution in [0.25, 0.3) is 0 Å². The van der Waals surface area contributed by atoms with E-state index < -0.39 is 0 Å². The molecule has 0 bridgehead atoms. The third-order valence-corrected chi connectivity index (χ3v) is 3.36. The Morgan fingerprint density at radius 1 is 1.27 bits per heavy atom. The molecular formula is C16H27ClN4O. The van der Waals surface area contributed by atoms with Gasteiger partial charge in [-0.15, -0.1) is 12.4 Å². The van der Waals surface area contributed by atoms with Gasteiger partial charge in [0.05, 0.1) is 5.69 Å². The lowest BCUT2D eigenvalue weighted by atomic mass is 10.1. The van der Waals surface area contributed by atoms with Crippen LogP contribution < -0.4 is 16.0 Å². The van der Waals surface area contributed by atoms with Gasteiger partial charge in [-0.1, -0.05) is 38.3 Å². The number of guanidine groups is 1. The fraction of sp³-hybridized carbons (Fsp3) is 0.500. The van der Waals surface area contributed by atoms with Crippen LogP contribution in [0.4, 0.5) is 10.5 Å². The maximum atomic E-state index is 12.3. The quantitative estimate of drug-likeness (QED) is 0.423. The number of unbranched alkanes of at least 4 members (excludes halogenated alkanes) is 3. The Balaban J connectivity index is 0.00000441. The van der Waals surface area contributed by atoms with E-state index in [2.05, 4.69) is 12.2 Å². The summed E-state index contributed by atoms with van der Waals surface area (Å²) in [6, 6.07) is 5.43. The number of hydrogen-bond acceptors (Lipinski definition) is 2. The predicted octanol–water partition coefficient (Wildman–Crippen LogP) is 3.72. The first kappa shape index (κ1) is 20.2. The average molecular weight is 327 g/mol. The molecule has 4 N–H and O–H groups in total. The minimum Gasteiger partial charge on any atom is -0.369 e. The number of nitrogens with one attached hydrogen (secondary N) is 2. The number of urea groups is 1. The van der Waals surface area contributed by atoms with Crippen molar-refractivity contribution in [3.8, 4) is 0 Å². The van der Waals surface area contributed by atoms with Crippen LogP contribution in [0.5, 0.6) is 0 Å². The topological polar surface area (TPSA) is 82.2 Å². The Kier molecular flexibility index (Phi) is 9.26. The number of halogens is 1. The Hall–Kier alpha value is -1.75. The molecule has 0 aliphatic rings. The summed E-state index contributed by atoms with van der Waals surface area (Å²) in [5.41, 5.74) is 8.19. The van der Waals surface area contributed by atoms with Crippen molar-refractivity contribution in [2.24, 2.45) is 5.73 Å². The SMILES string of the molecule is CCCCCCNC(=O)N(C(=N)N)c1cc(C)ccc1C.Cl. The monoisotopic (exact) mass is 326 g/mol. The highest BCUT2D eigenvalue weighted by Gasteiger charge is 2.20. The lowest BCUT2D eigenvalue weighted by Crippen LogP contribution is -2.47. The van der Waals surface area contributed by atoms with E-state index in [9.17, 15) is 4.79 Å². The fourth-order valence-corrected chi connectivity index (χ4v) is 2.14. The number of nitrogens with two attached hydrogens (primary N) is 1. The number of anilines is 1. The van der Waals surface area contributed by atoms with Gasteiger partial charge in [0, 0.05) is 6.54 Å². The molecule has 0 radical (unpaired) electrons. The van der Waals surface area contributed by atoms with Crippen molar-refractivity contribution in [1.82, 2.24) is 5.32 Å². The van der Waals surface area contributed by atoms with Gasteiger partial charge in [0.2, 0.25) is 5.96 Å². The van der Waals surface area contributed by atoms with Gasteiger partial charge in [-0.25, -0.2) is 9.69 Å². The van der Waals surface area contributed by atoms with Gasteiger partial charge in [0.15, 0.2) is 0 Å². The lowest BCUT2D eigenvalue weighted by molar-refractivity contribution is 0.248. The highest BCUT2D eigenvalue weighted by molar-refractivity contribution is 6.14. The van der Waals surface area contributed by atoms with Crippen molar-refractivity contribution in [2.45, 2.75) is 46.5 Å². The van der Waals surface area contributed by atoms with Crippen LogP contribution in [-0.4, -0.2) is 18.5 Å². The number of carbonyl (C=O) groups excluding carboxylic acids is 1. The zero-order chi connectivity index (χ0) is 15.8. The van der Waals surface area contributed by atoms with Gasteiger partial charge in [-0.2, -0.15) is 0 Å². The van der Waals surface area contributed by atoms with Crippen molar-refractivity contribution < 1.29 is 4.79 Å². The number of rotatable bonds is 6. The second kappa shape index (κ2) is 10.1. The first-order valence-electron chi connectivity index (χ1n) is 7.46. The van der Waals surface area contributed by atoms with Gasteiger partial charge in [-0.05, 0) is 37.5 Å². The van der Waals surface area contributed by atoms with Crippen molar-refractivity contribution in [3.05, 3.63) is 29.3 Å². The molecule has 0 spiro atoms. The van der Waals surface area contributed by atoms with Crippen molar-refractivity contribution in [1.29, 1.82) is 5.41 Å². The maximum Gasteiger partial charge on any atom is 0.328 e. The minimum atomic E-state index is -0.340. The zero-order valence-electron chi connectivity index (χ0n) is 13.6. The van der Waals surface area contributed by atoms with E-state index in [0.29, 0.717) is 12.2 Å². The highest BCUT2D eigenvalue weighted by atomic mass is 35.5. The van der Waals surface area contributed by atoms with Crippen LogP contribution in [0.15, 0.2) is 18.2 Å². The summed E-state index contributed by atoms with van der Waals surface area (Å²) in [7, 11) is 0. The molecule has 6 heteroatoms. The Morgan fingerprint density at radius 2 is 1.95 bits per heavy atom. The van der Waals surface area contributed by atoms with Gasteiger partial charge in [0.25, 0.3) is 0 Å². The molecule has 1 aromatic rings. The van der Waals surface area contributed by atoms with E-state index in [-0.39, 0.29) is 24.4 Å². The largest absolute Gasteiger partial charge is 0.369 e. The average Bonchev–Trinajstić information content (AvgIpc) is 2.42. The summed E-state index contributed by atoms with van der Waals surface area (Å²) in [6.45, 7) is 6.60. The number of benzene rings is 1. The molecule has 0 aromatic heterocycles. The molecule has 0 aliphatic carbocycles. The van der Waals surface area contributed by atoms with Crippen molar-refractivity contribution >= 4 is 30.1 Å². The van der Waals surface area contributed by atoms with Crippen LogP contribution in [0.1, 0.15) is 43.7 Å². The molecule has 0 atom stereocenters. The molecule has 0 saturated heterocycles. The normalized spacial score (nSPS) is 9.77. The summed E-state index contributed by atoms with van der Waals surface area (Å²) in [4.78, 5) is 13.5. The number of aryl methyl sites for hydroxylation is 2. The highest BCUT2D eigenvalue weighted by Crippen LogP contribution is 2.21. The fourth-order valence-electron chi connectivity index (χ4n) is 2.14. The van der Waals surface area contributed by atoms with Crippen LogP contribution >= 0.6 is 12.4 Å². The van der Waals surface area contributed by atoms with Crippen molar-refractivity contribution in [3.63, 3.8) is 0 Å². The second-order valence-corrected chi connectivity index (χ2v) is 5.30. The standard InChI is InChI=1S/C16H26N4O.ClH/c1-4-5-6-7-10-19-16(21)20(15(17)18)14-11-12(2)8-9-13(14)3;/h8-9,11H,4-7,10H2,1-3H3,(H3,17,18)(H,19,21);1H. The zero-order valence-corrected chi connectivity index (χ0v) is 14.4. The molecule has 5 nitrogen and oxygen atoms in total. The first-order valence-corrected chi connectivity index (χ1v) is 7.46. The van der Waals surface area contributed by atoms with E-state index in [1.807, 2.05) is 32.0 Å². The van der Waals surface area contributed by atoms with Crippen LogP contribution in [0, 0.1) is 19.3 Å². The van der Waals surface area contributed by atoms with Gasteiger partial charge >= 0.3 is 6.03 Å². The molecule has 0 fully saturated rings. The molecule has 0 aliphatic heterocycles. The third kappa shape index (κ3) is 5.93. The molecular weight excluding hydrogens is 300 g/mol. The Labute approximate surface area is 139 Å². The number of amides is 2. The molecule has 2 amide bonds. The first-order chi connectivity index (χ1) is 9.97. The van der Waals surface area contributed by atoms with Crippen LogP contribution in [0.2, 0.25) is 0 Å². The maximum absolute atomic E-state index is 12.3. The smallest absolute Gasteiger partial charge is 0.328 e. The minimum absolute atomic E-state index is 0. The van der Waals surface area contributed by atoms with E-state index in [0.717, 1.165) is 30.4 Å². The molecule has 1 rings (SSSR count). The van der Waals surface area contributed by atoms with Crippen LogP contribution in [-0.2, 0) is 0 Å². The summed E-state index contributed by atoms with van der Waals surface area (Å²) in [6.07, 6.45) is 4.37. The van der Waals surface area contributed by atoms with Crippen molar-refractivity contribution in [2.75, 3.05) is 11.4 Å². The van der Waals surface area contributed by atoms with E-state index >= 15 is 0 Å². The molecule has 0 unspecified atom stereocenters. The molecule has 1 aromatic carbocycles. The molecule has 22 heavy (non-hydrogen) atoms. The van der Waals surface area contributed by atoms with E-state index in [1.54, 1.807) is 0 Å². The summed E-state index contributed by atoms with van der Waals surface area (Å²) in [5, 5.41) is 10.5.